The van der Waals surface area contributed by atoms with Crippen LogP contribution in [0, 0.1) is 6.92 Å². The van der Waals surface area contributed by atoms with Gasteiger partial charge in [0.15, 0.2) is 0 Å². The van der Waals surface area contributed by atoms with E-state index in [4.69, 9.17) is 26.9 Å². The fraction of sp³-hybridized carbons (Fsp3) is 0.409. The van der Waals surface area contributed by atoms with Crippen molar-refractivity contribution in [3.8, 4) is 5.75 Å². The molecule has 4 fully saturated rings. The number of benzene rings is 2. The number of phenols is 1. The molecule has 4 amide bonds. The zero-order valence-electron chi connectivity index (χ0n) is 33.9. The number of alkyl halides is 1. The summed E-state index contributed by atoms with van der Waals surface area (Å²) >= 11 is 0. The number of nitrogens with two attached hydrogens (primary N) is 3. The number of nitrogens with one attached hydrogen (secondary N) is 1. The Hall–Kier alpha value is -6.13. The minimum Gasteiger partial charge on any atom is -0.507 e. The van der Waals surface area contributed by atoms with Crippen molar-refractivity contribution in [2.24, 2.45) is 17.2 Å². The number of halogens is 1. The molecule has 2 aromatic heterocycles. The number of aryl methyl sites for hydroxylation is 1. The highest BCUT2D eigenvalue weighted by Crippen LogP contribution is 2.35. The first-order valence-electron chi connectivity index (χ1n) is 20.6. The number of carbonyl (C=O) groups excluding carboxylic acids is 3. The number of allylic oxidation sites excluding steroid dienone is 1. The summed E-state index contributed by atoms with van der Waals surface area (Å²) < 4.78 is 24.7. The quantitative estimate of drug-likeness (QED) is 0.151. The van der Waals surface area contributed by atoms with E-state index in [0.29, 0.717) is 74.1 Å². The zero-order valence-corrected chi connectivity index (χ0v) is 33.9. The Morgan fingerprint density at radius 1 is 1.00 bits per heavy atom. The molecule has 0 saturated carbocycles. The normalized spacial score (nSPS) is 20.7. The smallest absolute Gasteiger partial charge is 0.328 e. The molecule has 4 saturated heterocycles. The van der Waals surface area contributed by atoms with Crippen LogP contribution in [0.4, 0.5) is 14.9 Å². The van der Waals surface area contributed by atoms with Crippen LogP contribution in [0.15, 0.2) is 84.6 Å². The van der Waals surface area contributed by atoms with Crippen LogP contribution in [0.25, 0.3) is 16.7 Å². The van der Waals surface area contributed by atoms with Gasteiger partial charge in [-0.3, -0.25) is 19.8 Å². The Morgan fingerprint density at radius 3 is 2.43 bits per heavy atom. The van der Waals surface area contributed by atoms with E-state index < -0.39 is 11.7 Å². The maximum absolute atomic E-state index is 16.3. The number of aromatic hydroxyl groups is 1. The Balaban J connectivity index is 0.826. The van der Waals surface area contributed by atoms with Crippen molar-refractivity contribution in [2.45, 2.75) is 56.8 Å². The summed E-state index contributed by atoms with van der Waals surface area (Å²) in [7, 11) is 0. The molecule has 1 unspecified atom stereocenters. The standard InChI is InChI=1S/C44H53FN10O5/c1-28-25-55(41-34(28)22-32(24-49-41)54-17-12-39(57)50-43(54)59)31-10-15-51(16-11-31)27-44(45)13-18-52(19-14-44)42(58)30-8-6-29(7-9-30)38-26-53(20-21-60-38)36(40(47)48)23-35(46)33-4-2-3-5-37(33)56/h2-9,22-25,31,38,56H,10-21,26-27,46-48H2,1H3,(H,50,57,59)/b35-23-. The number of nitrogens with zero attached hydrogens (tertiary/aromatic N) is 6. The van der Waals surface area contributed by atoms with E-state index in [-0.39, 0.29) is 54.8 Å². The summed E-state index contributed by atoms with van der Waals surface area (Å²) in [5, 5.41) is 13.6. The monoisotopic (exact) mass is 820 g/mol. The van der Waals surface area contributed by atoms with Crippen molar-refractivity contribution < 1.29 is 28.6 Å². The lowest BCUT2D eigenvalue weighted by Gasteiger charge is -2.41. The molecule has 1 atom stereocenters. The maximum Gasteiger partial charge on any atom is 0.328 e. The zero-order chi connectivity index (χ0) is 42.1. The molecule has 0 bridgehead atoms. The van der Waals surface area contributed by atoms with Crippen molar-refractivity contribution in [3.63, 3.8) is 0 Å². The predicted molar refractivity (Wildman–Crippen MR) is 226 cm³/mol. The number of piperidine rings is 2. The fourth-order valence-corrected chi connectivity index (χ4v) is 8.94. The van der Waals surface area contributed by atoms with Crippen molar-refractivity contribution in [2.75, 3.05) is 63.9 Å². The Labute approximate surface area is 348 Å². The molecule has 4 aliphatic rings. The van der Waals surface area contributed by atoms with Crippen LogP contribution in [0.3, 0.4) is 0 Å². The van der Waals surface area contributed by atoms with Gasteiger partial charge in [-0.1, -0.05) is 24.3 Å². The molecule has 8 N–H and O–H groups in total. The molecule has 2 aromatic carbocycles. The number of ether oxygens (including phenoxy) is 1. The molecule has 60 heavy (non-hydrogen) atoms. The lowest BCUT2D eigenvalue weighted by atomic mass is 9.91. The van der Waals surface area contributed by atoms with E-state index in [1.165, 1.54) is 0 Å². The molecule has 0 aliphatic carbocycles. The lowest BCUT2D eigenvalue weighted by molar-refractivity contribution is -0.120. The second kappa shape index (κ2) is 16.9. The molecule has 8 rings (SSSR count). The summed E-state index contributed by atoms with van der Waals surface area (Å²) in [5.41, 5.74) is 22.5. The number of phenolic OH excluding ortho intramolecular Hbond substituents is 1. The molecule has 4 aliphatic heterocycles. The van der Waals surface area contributed by atoms with Crippen molar-refractivity contribution in [3.05, 3.63) is 107 Å². The highest BCUT2D eigenvalue weighted by molar-refractivity contribution is 6.06. The van der Waals surface area contributed by atoms with Gasteiger partial charge in [0.2, 0.25) is 5.91 Å². The molecule has 0 radical (unpaired) electrons. The van der Waals surface area contributed by atoms with E-state index in [1.807, 2.05) is 30.0 Å². The number of likely N-dealkylation sites (tertiary alicyclic amines) is 2. The summed E-state index contributed by atoms with van der Waals surface area (Å²) in [4.78, 5) is 49.9. The predicted octanol–water partition coefficient (Wildman–Crippen LogP) is 4.24. The van der Waals surface area contributed by atoms with E-state index >= 15 is 4.39 Å². The highest BCUT2D eigenvalue weighted by Gasteiger charge is 2.39. The summed E-state index contributed by atoms with van der Waals surface area (Å²) in [6.45, 7) is 6.29. The second-order valence-electron chi connectivity index (χ2n) is 16.4. The number of rotatable bonds is 9. The highest BCUT2D eigenvalue weighted by atomic mass is 19.1. The van der Waals surface area contributed by atoms with E-state index in [1.54, 1.807) is 58.5 Å². The Bertz CT molecular complexity index is 2320. The number of hydrogen-bond donors (Lipinski definition) is 5. The molecule has 6 heterocycles. The average Bonchev–Trinajstić information content (AvgIpc) is 3.58. The summed E-state index contributed by atoms with van der Waals surface area (Å²) in [5.74, 6) is -0.244. The van der Waals surface area contributed by atoms with Crippen LogP contribution in [0.5, 0.6) is 5.75 Å². The van der Waals surface area contributed by atoms with Gasteiger partial charge in [-0.2, -0.15) is 0 Å². The minimum absolute atomic E-state index is 0.0544. The molecule has 16 heteroatoms. The first kappa shape index (κ1) is 40.6. The van der Waals surface area contributed by atoms with Crippen LogP contribution in [0.1, 0.15) is 71.3 Å². The van der Waals surface area contributed by atoms with Gasteiger partial charge < -0.3 is 46.3 Å². The molecular formula is C44H53FN10O5. The SMILES string of the molecule is Cc1cn(C2CCN(CC3(F)CCN(C(=O)c4ccc(C5CN(C(/C=C(\N)c6ccccc6O)=C(N)N)CCO5)cc4)CC3)CC2)c2ncc(N3CCC(=O)NC3=O)cc12. The van der Waals surface area contributed by atoms with Gasteiger partial charge in [-0.15, -0.1) is 0 Å². The first-order chi connectivity index (χ1) is 28.9. The fourth-order valence-electron chi connectivity index (χ4n) is 8.94. The van der Waals surface area contributed by atoms with Gasteiger partial charge in [0, 0.05) is 106 Å². The van der Waals surface area contributed by atoms with Crippen LogP contribution < -0.4 is 27.4 Å². The minimum atomic E-state index is -1.38. The van der Waals surface area contributed by atoms with Crippen LogP contribution in [-0.4, -0.2) is 112 Å². The van der Waals surface area contributed by atoms with Gasteiger partial charge >= 0.3 is 6.03 Å². The van der Waals surface area contributed by atoms with E-state index in [9.17, 15) is 19.5 Å². The van der Waals surface area contributed by atoms with Crippen molar-refractivity contribution >= 4 is 40.3 Å². The number of para-hydroxylation sites is 1. The third-order valence-corrected chi connectivity index (χ3v) is 12.4. The molecular weight excluding hydrogens is 768 g/mol. The number of amides is 4. The summed E-state index contributed by atoms with van der Waals surface area (Å²) in [6, 6.07) is 15.9. The van der Waals surface area contributed by atoms with Crippen molar-refractivity contribution in [1.82, 2.24) is 29.6 Å². The number of anilines is 1. The molecule has 316 valence electrons. The average molecular weight is 821 g/mol. The number of hydrogen-bond acceptors (Lipinski definition) is 11. The number of morpholine rings is 1. The number of fused-ring (bicyclic) bond motifs is 1. The van der Waals surface area contributed by atoms with E-state index in [0.717, 1.165) is 48.1 Å². The number of imide groups is 1. The van der Waals surface area contributed by atoms with Gasteiger partial charge in [-0.25, -0.2) is 14.2 Å². The van der Waals surface area contributed by atoms with Crippen LogP contribution in [-0.2, 0) is 9.53 Å². The van der Waals surface area contributed by atoms with Crippen molar-refractivity contribution in [1.29, 1.82) is 0 Å². The third kappa shape index (κ3) is 8.47. The molecule has 4 aromatic rings. The Morgan fingerprint density at radius 2 is 1.73 bits per heavy atom. The third-order valence-electron chi connectivity index (χ3n) is 12.4. The van der Waals surface area contributed by atoms with Gasteiger partial charge in [0.1, 0.15) is 29.0 Å². The first-order valence-corrected chi connectivity index (χ1v) is 20.6. The topological polar surface area (TPSA) is 202 Å². The Kier molecular flexibility index (Phi) is 11.4. The number of urea groups is 1. The largest absolute Gasteiger partial charge is 0.507 e. The van der Waals surface area contributed by atoms with Gasteiger partial charge in [0.25, 0.3) is 5.91 Å². The summed E-state index contributed by atoms with van der Waals surface area (Å²) in [6.07, 6.45) is 7.67. The number of aromatic nitrogens is 2. The number of carbonyl (C=O) groups is 3. The second-order valence-corrected chi connectivity index (χ2v) is 16.4. The van der Waals surface area contributed by atoms with Crippen LogP contribution in [0.2, 0.25) is 0 Å². The maximum atomic E-state index is 16.3. The van der Waals surface area contributed by atoms with Crippen LogP contribution >= 0.6 is 0 Å². The molecule has 15 nitrogen and oxygen atoms in total. The lowest BCUT2D eigenvalue weighted by Crippen LogP contribution is -2.51. The van der Waals surface area contributed by atoms with Gasteiger partial charge in [0.05, 0.1) is 24.2 Å². The molecule has 0 spiro atoms. The van der Waals surface area contributed by atoms with Gasteiger partial charge in [-0.05, 0) is 67.3 Å². The number of pyridine rings is 1. The van der Waals surface area contributed by atoms with E-state index in [2.05, 4.69) is 21.0 Å².